The number of hydrogen-bond donors (Lipinski definition) is 1. The second-order valence-corrected chi connectivity index (χ2v) is 7.15. The molecule has 1 N–H and O–H groups in total. The van der Waals surface area contributed by atoms with Crippen LogP contribution in [0.3, 0.4) is 0 Å². The molecule has 7 heteroatoms. The minimum atomic E-state index is -4.61. The van der Waals surface area contributed by atoms with Crippen molar-refractivity contribution in [2.24, 2.45) is 21.7 Å². The molecule has 0 radical (unpaired) electrons. The van der Waals surface area contributed by atoms with Gasteiger partial charge in [-0.05, 0) is 42.4 Å². The number of nitrogens with zero attached hydrogens (tertiary/aromatic N) is 2. The van der Waals surface area contributed by atoms with Crippen LogP contribution in [0.15, 0.2) is 28.0 Å². The number of nitrogens with one attached hydrogen (secondary N) is 1. The van der Waals surface area contributed by atoms with Crippen molar-refractivity contribution in [3.05, 3.63) is 34.4 Å². The number of hydrogen-bond acceptors (Lipinski definition) is 4. The summed E-state index contributed by atoms with van der Waals surface area (Å²) < 4.78 is 41.1. The van der Waals surface area contributed by atoms with Gasteiger partial charge in [-0.2, -0.15) is 18.3 Å². The fourth-order valence-corrected chi connectivity index (χ4v) is 5.04. The van der Waals surface area contributed by atoms with Crippen LogP contribution in [0.1, 0.15) is 36.0 Å². The van der Waals surface area contributed by atoms with E-state index in [4.69, 9.17) is 0 Å². The first-order valence-electron chi connectivity index (χ1n) is 8.04. The van der Waals surface area contributed by atoms with Gasteiger partial charge in [0.05, 0.1) is 12.2 Å². The summed E-state index contributed by atoms with van der Waals surface area (Å²) in [6.45, 7) is 0.426. The minimum Gasteiger partial charge on any atom is -0.294 e. The highest BCUT2D eigenvalue weighted by atomic mass is 19.4. The van der Waals surface area contributed by atoms with Crippen molar-refractivity contribution in [3.8, 4) is 0 Å². The first-order chi connectivity index (χ1) is 11.4. The van der Waals surface area contributed by atoms with Gasteiger partial charge in [0.15, 0.2) is 5.78 Å². The predicted octanol–water partition coefficient (Wildman–Crippen LogP) is 4.22. The molecule has 1 spiro atoms. The van der Waals surface area contributed by atoms with Crippen molar-refractivity contribution in [2.45, 2.75) is 38.4 Å². The van der Waals surface area contributed by atoms with Crippen molar-refractivity contribution in [2.75, 3.05) is 5.43 Å². The normalized spacial score (nSPS) is 30.1. The lowest BCUT2D eigenvalue weighted by atomic mass is 9.71. The van der Waals surface area contributed by atoms with E-state index in [2.05, 4.69) is 15.8 Å². The van der Waals surface area contributed by atoms with Gasteiger partial charge in [-0.1, -0.05) is 17.4 Å². The highest BCUT2D eigenvalue weighted by Crippen LogP contribution is 2.64. The number of ketones is 1. The molecule has 1 aromatic carbocycles. The van der Waals surface area contributed by atoms with Gasteiger partial charge >= 0.3 is 6.18 Å². The van der Waals surface area contributed by atoms with Gasteiger partial charge in [-0.15, -0.1) is 0 Å². The maximum atomic E-state index is 13.7. The molecule has 0 aromatic heterocycles. The van der Waals surface area contributed by atoms with E-state index in [-0.39, 0.29) is 5.57 Å². The Balaban J connectivity index is 1.82. The van der Waals surface area contributed by atoms with Crippen LogP contribution >= 0.6 is 0 Å². The summed E-state index contributed by atoms with van der Waals surface area (Å²) in [4.78, 5) is 12.4. The third-order valence-corrected chi connectivity index (χ3v) is 5.95. The quantitative estimate of drug-likeness (QED) is 0.773. The lowest BCUT2D eigenvalue weighted by molar-refractivity contribution is -0.132. The molecule has 1 saturated carbocycles. The fraction of sp³-hybridized carbons (Fsp3) is 0.471. The molecule has 24 heavy (non-hydrogen) atoms. The highest BCUT2D eigenvalue weighted by Gasteiger charge is 2.59. The molecule has 3 aliphatic carbocycles. The average molecular weight is 333 g/mol. The second-order valence-electron chi connectivity index (χ2n) is 7.15. The number of carbonyl (C=O) groups is 1. The minimum absolute atomic E-state index is 0.232. The van der Waals surface area contributed by atoms with Crippen LogP contribution in [0, 0.1) is 11.3 Å². The Morgan fingerprint density at radius 3 is 2.92 bits per heavy atom. The predicted molar refractivity (Wildman–Crippen MR) is 80.1 cm³/mol. The van der Waals surface area contributed by atoms with Gasteiger partial charge in [-0.25, -0.2) is 0 Å². The monoisotopic (exact) mass is 333 g/mol. The van der Waals surface area contributed by atoms with E-state index in [9.17, 15) is 18.0 Å². The largest absolute Gasteiger partial charge is 0.420 e. The Labute approximate surface area is 135 Å². The number of Topliss-reactive ketones (excluding diaryl/α,β-unsaturated/α-hetero) is 1. The van der Waals surface area contributed by atoms with Crippen molar-refractivity contribution >= 4 is 17.0 Å². The molecule has 2 bridgehead atoms. The summed E-state index contributed by atoms with van der Waals surface area (Å²) in [7, 11) is 0. The summed E-state index contributed by atoms with van der Waals surface area (Å²) in [5.74, 6) is -1.20. The molecule has 2 unspecified atom stereocenters. The Morgan fingerprint density at radius 2 is 2.12 bits per heavy atom. The van der Waals surface area contributed by atoms with E-state index in [1.807, 2.05) is 0 Å². The van der Waals surface area contributed by atoms with E-state index in [0.29, 0.717) is 37.8 Å². The SMILES string of the molecule is O=C1C(C(F)(F)F)=C2c3ccc4c(c3CC23CCC1C3)NN=NC4. The summed E-state index contributed by atoms with van der Waals surface area (Å²) in [5.41, 5.74) is 4.78. The molecule has 4 aliphatic rings. The average Bonchev–Trinajstić information content (AvgIpc) is 3.07. The van der Waals surface area contributed by atoms with Gasteiger partial charge in [-0.3, -0.25) is 10.2 Å². The second kappa shape index (κ2) is 4.26. The third kappa shape index (κ3) is 1.62. The Bertz CT molecular complexity index is 855. The number of rotatable bonds is 0. The van der Waals surface area contributed by atoms with E-state index < -0.39 is 28.9 Å². The molecule has 4 nitrogen and oxygen atoms in total. The molecule has 1 aromatic rings. The van der Waals surface area contributed by atoms with Gasteiger partial charge in [0.2, 0.25) is 0 Å². The zero-order valence-corrected chi connectivity index (χ0v) is 12.7. The van der Waals surface area contributed by atoms with Gasteiger partial charge in [0.1, 0.15) is 5.57 Å². The number of anilines is 1. The first kappa shape index (κ1) is 14.2. The summed E-state index contributed by atoms with van der Waals surface area (Å²) in [6.07, 6.45) is -2.34. The van der Waals surface area contributed by atoms with Crippen LogP contribution in [0.25, 0.3) is 5.57 Å². The maximum Gasteiger partial charge on any atom is 0.420 e. The van der Waals surface area contributed by atoms with Crippen molar-refractivity contribution in [1.29, 1.82) is 0 Å². The third-order valence-electron chi connectivity index (χ3n) is 5.95. The van der Waals surface area contributed by atoms with Gasteiger partial charge < -0.3 is 0 Å². The Kier molecular flexibility index (Phi) is 2.52. The molecular formula is C17H14F3N3O. The highest BCUT2D eigenvalue weighted by molar-refractivity contribution is 6.10. The number of alkyl halides is 3. The number of carbonyl (C=O) groups excluding carboxylic acids is 1. The Hall–Kier alpha value is -2.18. The molecule has 5 rings (SSSR count). The molecule has 124 valence electrons. The lowest BCUT2D eigenvalue weighted by Crippen LogP contribution is -2.34. The zero-order valence-electron chi connectivity index (χ0n) is 12.7. The standard InChI is InChI=1S/C17H14F3N3O/c18-17(19,20)13-12-10-2-1-9-7-21-23-22-14(9)11(10)6-16(12)4-3-8(5-16)15(13)24/h1-2,8H,3-7H2,(H,21,22). The number of fused-ring (bicyclic) bond motifs is 5. The smallest absolute Gasteiger partial charge is 0.294 e. The topological polar surface area (TPSA) is 53.8 Å². The molecule has 1 fully saturated rings. The first-order valence-corrected chi connectivity index (χ1v) is 8.04. The van der Waals surface area contributed by atoms with Gasteiger partial charge in [0.25, 0.3) is 0 Å². The number of allylic oxidation sites excluding steroid dienone is 2. The lowest BCUT2D eigenvalue weighted by Gasteiger charge is -2.33. The van der Waals surface area contributed by atoms with E-state index in [1.54, 1.807) is 12.1 Å². The molecule has 0 saturated heterocycles. The molecule has 2 atom stereocenters. The van der Waals surface area contributed by atoms with Crippen LogP contribution < -0.4 is 5.43 Å². The van der Waals surface area contributed by atoms with Crippen molar-refractivity contribution in [1.82, 2.24) is 0 Å². The fourth-order valence-electron chi connectivity index (χ4n) is 5.04. The molecular weight excluding hydrogens is 319 g/mol. The van der Waals surface area contributed by atoms with Crippen LogP contribution in [-0.4, -0.2) is 12.0 Å². The summed E-state index contributed by atoms with van der Waals surface area (Å²) >= 11 is 0. The van der Waals surface area contributed by atoms with E-state index in [0.717, 1.165) is 16.8 Å². The van der Waals surface area contributed by atoms with Crippen LogP contribution in [0.2, 0.25) is 0 Å². The number of halogens is 3. The van der Waals surface area contributed by atoms with Crippen LogP contribution in [-0.2, 0) is 17.8 Å². The van der Waals surface area contributed by atoms with Crippen molar-refractivity contribution in [3.63, 3.8) is 0 Å². The molecule has 1 heterocycles. The van der Waals surface area contributed by atoms with Crippen molar-refractivity contribution < 1.29 is 18.0 Å². The van der Waals surface area contributed by atoms with Gasteiger partial charge in [0, 0.05) is 16.9 Å². The van der Waals surface area contributed by atoms with Crippen LogP contribution in [0.5, 0.6) is 0 Å². The van der Waals surface area contributed by atoms with Crippen LogP contribution in [0.4, 0.5) is 18.9 Å². The maximum absolute atomic E-state index is 13.7. The summed E-state index contributed by atoms with van der Waals surface area (Å²) in [5, 5.41) is 7.74. The summed E-state index contributed by atoms with van der Waals surface area (Å²) in [6, 6.07) is 3.53. The Morgan fingerprint density at radius 1 is 1.29 bits per heavy atom. The zero-order chi connectivity index (χ0) is 16.7. The van der Waals surface area contributed by atoms with E-state index >= 15 is 0 Å². The molecule has 0 amide bonds. The number of benzene rings is 1. The van der Waals surface area contributed by atoms with E-state index in [1.165, 1.54) is 0 Å². The molecule has 1 aliphatic heterocycles.